The lowest BCUT2D eigenvalue weighted by Gasteiger charge is -2.16. The molecule has 1 unspecified atom stereocenters. The fourth-order valence-electron chi connectivity index (χ4n) is 2.97. The molecule has 0 bridgehead atoms. The number of halogens is 2. The second-order valence-corrected chi connectivity index (χ2v) is 7.13. The van der Waals surface area contributed by atoms with Crippen LogP contribution in [-0.4, -0.2) is 40.0 Å². The Kier molecular flexibility index (Phi) is 8.65. The van der Waals surface area contributed by atoms with Gasteiger partial charge in [-0.3, -0.25) is 19.5 Å². The number of carbonyl (C=O) groups excluding carboxylic acids is 3. The van der Waals surface area contributed by atoms with Gasteiger partial charge in [-0.05, 0) is 37.0 Å². The Balaban J connectivity index is 1.94. The predicted molar refractivity (Wildman–Crippen MR) is 111 cm³/mol. The number of amides is 3. The summed E-state index contributed by atoms with van der Waals surface area (Å²) < 4.78 is 26.5. The third kappa shape index (κ3) is 7.16. The van der Waals surface area contributed by atoms with Crippen molar-refractivity contribution in [1.82, 2.24) is 20.8 Å². The predicted octanol–water partition coefficient (Wildman–Crippen LogP) is 2.68. The molecule has 8 nitrogen and oxygen atoms in total. The molecule has 0 saturated carbocycles. The highest BCUT2D eigenvalue weighted by atomic mass is 19.1. The molecule has 10 heteroatoms. The van der Waals surface area contributed by atoms with Gasteiger partial charge in [0.2, 0.25) is 11.8 Å². The summed E-state index contributed by atoms with van der Waals surface area (Å²) in [6, 6.07) is 3.39. The van der Waals surface area contributed by atoms with Crippen molar-refractivity contribution >= 4 is 23.5 Å². The van der Waals surface area contributed by atoms with E-state index < -0.39 is 29.5 Å². The molecule has 1 heterocycles. The van der Waals surface area contributed by atoms with Gasteiger partial charge in [-0.25, -0.2) is 8.78 Å². The van der Waals surface area contributed by atoms with Gasteiger partial charge < -0.3 is 16.0 Å². The number of benzene rings is 1. The summed E-state index contributed by atoms with van der Waals surface area (Å²) in [7, 11) is 0. The molecule has 2 rings (SSSR count). The van der Waals surface area contributed by atoms with E-state index in [1.807, 2.05) is 13.8 Å². The molecule has 3 amide bonds. The Morgan fingerprint density at radius 3 is 2.19 bits per heavy atom. The molecule has 1 atom stereocenters. The number of aromatic nitrogens is 2. The van der Waals surface area contributed by atoms with Gasteiger partial charge in [0, 0.05) is 18.2 Å². The average Bonchev–Trinajstić information content (AvgIpc) is 3.17. The molecular weight excluding hydrogens is 408 g/mol. The second-order valence-electron chi connectivity index (χ2n) is 7.13. The van der Waals surface area contributed by atoms with Crippen molar-refractivity contribution in [3.05, 3.63) is 47.2 Å². The Labute approximate surface area is 179 Å². The van der Waals surface area contributed by atoms with Crippen LogP contribution in [0.25, 0.3) is 0 Å². The van der Waals surface area contributed by atoms with E-state index in [4.69, 9.17) is 0 Å². The first kappa shape index (κ1) is 24.0. The van der Waals surface area contributed by atoms with Crippen LogP contribution >= 0.6 is 0 Å². The van der Waals surface area contributed by atoms with E-state index in [9.17, 15) is 23.2 Å². The number of nitrogens with zero attached hydrogens (tertiary/aromatic N) is 1. The smallest absolute Gasteiger partial charge is 0.269 e. The standard InChI is InChI=1S/C21H27F2N5O3/c1-4-15(5-2)24-21(31)17-11-18(28-27-17)26-20(30)16(6-3)25-19(29)9-12-7-13(22)10-14(23)8-12/h7-8,10-11,15-16H,4-6,9H2,1-3H3,(H,24,31)(H,25,29)(H2,26,27,28,30). The molecule has 0 aliphatic heterocycles. The second kappa shape index (κ2) is 11.2. The third-order valence-corrected chi connectivity index (χ3v) is 4.74. The van der Waals surface area contributed by atoms with Gasteiger partial charge in [0.05, 0.1) is 6.42 Å². The van der Waals surface area contributed by atoms with E-state index >= 15 is 0 Å². The zero-order valence-corrected chi connectivity index (χ0v) is 17.7. The van der Waals surface area contributed by atoms with Crippen LogP contribution in [0.5, 0.6) is 0 Å². The summed E-state index contributed by atoms with van der Waals surface area (Å²) >= 11 is 0. The summed E-state index contributed by atoms with van der Waals surface area (Å²) in [4.78, 5) is 36.9. The van der Waals surface area contributed by atoms with Crippen LogP contribution < -0.4 is 16.0 Å². The fraction of sp³-hybridized carbons (Fsp3) is 0.429. The Morgan fingerprint density at radius 1 is 0.968 bits per heavy atom. The number of hydrogen-bond donors (Lipinski definition) is 4. The summed E-state index contributed by atoms with van der Waals surface area (Å²) in [6.45, 7) is 5.64. The van der Waals surface area contributed by atoms with Crippen molar-refractivity contribution in [3.8, 4) is 0 Å². The maximum Gasteiger partial charge on any atom is 0.269 e. The van der Waals surface area contributed by atoms with Gasteiger partial charge >= 0.3 is 0 Å². The molecule has 0 saturated heterocycles. The zero-order valence-electron chi connectivity index (χ0n) is 17.7. The van der Waals surface area contributed by atoms with Crippen LogP contribution in [0.4, 0.5) is 14.6 Å². The molecule has 1 aromatic heterocycles. The number of aromatic amines is 1. The summed E-state index contributed by atoms with van der Waals surface area (Å²) in [5.74, 6) is -2.84. The molecular formula is C21H27F2N5O3. The molecule has 0 aliphatic carbocycles. The van der Waals surface area contributed by atoms with Gasteiger partial charge in [0.15, 0.2) is 5.82 Å². The minimum Gasteiger partial charge on any atom is -0.348 e. The van der Waals surface area contributed by atoms with Crippen molar-refractivity contribution in [1.29, 1.82) is 0 Å². The molecule has 168 valence electrons. The van der Waals surface area contributed by atoms with E-state index in [-0.39, 0.29) is 41.9 Å². The van der Waals surface area contributed by atoms with Crippen LogP contribution in [0.1, 0.15) is 56.1 Å². The van der Waals surface area contributed by atoms with Crippen molar-refractivity contribution in [3.63, 3.8) is 0 Å². The summed E-state index contributed by atoms with van der Waals surface area (Å²) in [5.41, 5.74) is 0.359. The van der Waals surface area contributed by atoms with Gasteiger partial charge in [0.25, 0.3) is 5.91 Å². The Bertz CT molecular complexity index is 907. The molecule has 31 heavy (non-hydrogen) atoms. The van der Waals surface area contributed by atoms with Crippen LogP contribution in [0.2, 0.25) is 0 Å². The number of carbonyl (C=O) groups is 3. The molecule has 0 radical (unpaired) electrons. The molecule has 0 aliphatic rings. The van der Waals surface area contributed by atoms with Crippen molar-refractivity contribution < 1.29 is 23.2 Å². The lowest BCUT2D eigenvalue weighted by Crippen LogP contribution is -2.44. The van der Waals surface area contributed by atoms with Crippen molar-refractivity contribution in [2.45, 2.75) is 58.5 Å². The highest BCUT2D eigenvalue weighted by Gasteiger charge is 2.21. The maximum absolute atomic E-state index is 13.3. The summed E-state index contributed by atoms with van der Waals surface area (Å²) in [6.07, 6.45) is 1.59. The minimum atomic E-state index is -0.885. The monoisotopic (exact) mass is 435 g/mol. The van der Waals surface area contributed by atoms with E-state index in [0.717, 1.165) is 25.0 Å². The zero-order chi connectivity index (χ0) is 23.0. The SMILES string of the molecule is CCC(CC)NC(=O)c1cc(NC(=O)C(CC)NC(=O)Cc2cc(F)cc(F)c2)n[nH]1. The number of hydrogen-bond acceptors (Lipinski definition) is 4. The average molecular weight is 435 g/mol. The van der Waals surface area contributed by atoms with Crippen LogP contribution in [0.3, 0.4) is 0 Å². The highest BCUT2D eigenvalue weighted by molar-refractivity contribution is 5.98. The first-order valence-corrected chi connectivity index (χ1v) is 10.2. The van der Waals surface area contributed by atoms with E-state index in [1.165, 1.54) is 6.07 Å². The van der Waals surface area contributed by atoms with E-state index in [0.29, 0.717) is 6.07 Å². The molecule has 1 aromatic carbocycles. The van der Waals surface area contributed by atoms with Crippen LogP contribution in [0, 0.1) is 11.6 Å². The lowest BCUT2D eigenvalue weighted by molar-refractivity contribution is -0.126. The Hall–Kier alpha value is -3.30. The van der Waals surface area contributed by atoms with Gasteiger partial charge in [-0.1, -0.05) is 20.8 Å². The first-order chi connectivity index (χ1) is 14.7. The largest absolute Gasteiger partial charge is 0.348 e. The molecule has 0 fully saturated rings. The quantitative estimate of drug-likeness (QED) is 0.459. The number of anilines is 1. The molecule has 4 N–H and O–H groups in total. The topological polar surface area (TPSA) is 116 Å². The molecule has 0 spiro atoms. The van der Waals surface area contributed by atoms with E-state index in [2.05, 4.69) is 26.1 Å². The van der Waals surface area contributed by atoms with Crippen molar-refractivity contribution in [2.75, 3.05) is 5.32 Å². The number of H-pyrrole nitrogens is 1. The minimum absolute atomic E-state index is 0.0417. The third-order valence-electron chi connectivity index (χ3n) is 4.74. The maximum atomic E-state index is 13.3. The van der Waals surface area contributed by atoms with Gasteiger partial charge in [-0.2, -0.15) is 5.10 Å². The van der Waals surface area contributed by atoms with Gasteiger partial charge in [0.1, 0.15) is 23.4 Å². The van der Waals surface area contributed by atoms with Crippen LogP contribution in [0.15, 0.2) is 24.3 Å². The number of nitrogens with one attached hydrogen (secondary N) is 4. The van der Waals surface area contributed by atoms with Gasteiger partial charge in [-0.15, -0.1) is 0 Å². The van der Waals surface area contributed by atoms with Crippen molar-refractivity contribution in [2.24, 2.45) is 0 Å². The normalized spacial score (nSPS) is 11.8. The highest BCUT2D eigenvalue weighted by Crippen LogP contribution is 2.10. The molecule has 2 aromatic rings. The lowest BCUT2D eigenvalue weighted by atomic mass is 10.1. The Morgan fingerprint density at radius 2 is 1.61 bits per heavy atom. The van der Waals surface area contributed by atoms with E-state index in [1.54, 1.807) is 6.92 Å². The number of rotatable bonds is 10. The fourth-order valence-corrected chi connectivity index (χ4v) is 2.97. The van der Waals surface area contributed by atoms with Crippen LogP contribution in [-0.2, 0) is 16.0 Å². The first-order valence-electron chi connectivity index (χ1n) is 10.2. The summed E-state index contributed by atoms with van der Waals surface area (Å²) in [5, 5.41) is 14.4.